The van der Waals surface area contributed by atoms with Gasteiger partial charge in [0.15, 0.2) is 0 Å². The Labute approximate surface area is 92.3 Å². The highest BCUT2D eigenvalue weighted by Gasteiger charge is 1.99. The Bertz CT molecular complexity index is 420. The van der Waals surface area contributed by atoms with E-state index in [0.29, 0.717) is 0 Å². The maximum atomic E-state index is 4.25. The summed E-state index contributed by atoms with van der Waals surface area (Å²) in [6, 6.07) is 8.42. The van der Waals surface area contributed by atoms with Crippen molar-refractivity contribution in [1.29, 1.82) is 0 Å². The molecule has 0 aliphatic rings. The smallest absolute Gasteiger partial charge is 0.0346 e. The molecule has 1 heterocycles. The van der Waals surface area contributed by atoms with Gasteiger partial charge in [-0.25, -0.2) is 0 Å². The van der Waals surface area contributed by atoms with E-state index in [1.807, 2.05) is 12.4 Å². The van der Waals surface area contributed by atoms with Gasteiger partial charge in [-0.2, -0.15) is 0 Å². The summed E-state index contributed by atoms with van der Waals surface area (Å²) >= 11 is 3.45. The number of benzene rings is 1. The minimum atomic E-state index is 1.05. The standard InChI is InChI=1S/C12H12BrN/c13-7-3-5-11-9-14-8-10-4-1-2-6-12(10)11/h1-2,4,6,8-9H,3,5,7H2. The molecule has 14 heavy (non-hydrogen) atoms. The Morgan fingerprint density at radius 3 is 2.86 bits per heavy atom. The monoisotopic (exact) mass is 249 g/mol. The third-order valence-electron chi connectivity index (χ3n) is 2.33. The highest BCUT2D eigenvalue weighted by atomic mass is 79.9. The summed E-state index contributed by atoms with van der Waals surface area (Å²) in [4.78, 5) is 4.25. The number of alkyl halides is 1. The molecular weight excluding hydrogens is 238 g/mol. The summed E-state index contributed by atoms with van der Waals surface area (Å²) in [5, 5.41) is 3.62. The average Bonchev–Trinajstić information content (AvgIpc) is 2.26. The van der Waals surface area contributed by atoms with Gasteiger partial charge in [0, 0.05) is 23.1 Å². The lowest BCUT2D eigenvalue weighted by atomic mass is 10.0. The number of aromatic nitrogens is 1. The first-order valence-electron chi connectivity index (χ1n) is 4.79. The summed E-state index contributed by atoms with van der Waals surface area (Å²) in [6.45, 7) is 0. The summed E-state index contributed by atoms with van der Waals surface area (Å²) < 4.78 is 0. The van der Waals surface area contributed by atoms with Crippen molar-refractivity contribution in [3.8, 4) is 0 Å². The SMILES string of the molecule is BrCCCc1cncc2ccccc12. The van der Waals surface area contributed by atoms with Crippen LogP contribution in [0.1, 0.15) is 12.0 Å². The zero-order chi connectivity index (χ0) is 9.80. The molecule has 2 rings (SSSR count). The van der Waals surface area contributed by atoms with Crippen molar-refractivity contribution in [2.24, 2.45) is 0 Å². The molecule has 0 fully saturated rings. The van der Waals surface area contributed by atoms with Crippen LogP contribution in [0.25, 0.3) is 10.8 Å². The van der Waals surface area contributed by atoms with Crippen molar-refractivity contribution >= 4 is 26.7 Å². The van der Waals surface area contributed by atoms with Crippen LogP contribution < -0.4 is 0 Å². The second kappa shape index (κ2) is 4.56. The third-order valence-corrected chi connectivity index (χ3v) is 2.89. The summed E-state index contributed by atoms with van der Waals surface area (Å²) in [7, 11) is 0. The van der Waals surface area contributed by atoms with Gasteiger partial charge in [0.05, 0.1) is 0 Å². The van der Waals surface area contributed by atoms with E-state index in [-0.39, 0.29) is 0 Å². The van der Waals surface area contributed by atoms with Crippen molar-refractivity contribution in [3.05, 3.63) is 42.2 Å². The molecular formula is C12H12BrN. The van der Waals surface area contributed by atoms with Gasteiger partial charge in [0.2, 0.25) is 0 Å². The van der Waals surface area contributed by atoms with Gasteiger partial charge in [0.1, 0.15) is 0 Å². The molecule has 0 bridgehead atoms. The van der Waals surface area contributed by atoms with E-state index in [0.717, 1.165) is 18.2 Å². The Kier molecular flexibility index (Phi) is 3.14. The van der Waals surface area contributed by atoms with Crippen LogP contribution in [0.3, 0.4) is 0 Å². The van der Waals surface area contributed by atoms with Crippen molar-refractivity contribution < 1.29 is 0 Å². The predicted octanol–water partition coefficient (Wildman–Crippen LogP) is 3.56. The van der Waals surface area contributed by atoms with Gasteiger partial charge in [-0.05, 0) is 23.8 Å². The molecule has 2 aromatic rings. The van der Waals surface area contributed by atoms with Gasteiger partial charge in [-0.3, -0.25) is 4.98 Å². The number of hydrogen-bond acceptors (Lipinski definition) is 1. The van der Waals surface area contributed by atoms with Crippen LogP contribution in [0.5, 0.6) is 0 Å². The normalized spacial score (nSPS) is 10.6. The molecule has 1 aromatic heterocycles. The molecule has 72 valence electrons. The highest BCUT2D eigenvalue weighted by Crippen LogP contribution is 2.18. The zero-order valence-electron chi connectivity index (χ0n) is 7.91. The molecule has 0 aliphatic heterocycles. The molecule has 0 amide bonds. The average molecular weight is 250 g/mol. The van der Waals surface area contributed by atoms with Gasteiger partial charge in [-0.1, -0.05) is 40.2 Å². The number of fused-ring (bicyclic) bond motifs is 1. The largest absolute Gasteiger partial charge is 0.264 e. The van der Waals surface area contributed by atoms with E-state index in [2.05, 4.69) is 45.2 Å². The first-order chi connectivity index (χ1) is 6.92. The second-order valence-corrected chi connectivity index (χ2v) is 4.11. The molecule has 0 unspecified atom stereocenters. The Morgan fingerprint density at radius 2 is 2.00 bits per heavy atom. The maximum absolute atomic E-state index is 4.25. The van der Waals surface area contributed by atoms with E-state index in [1.54, 1.807) is 0 Å². The van der Waals surface area contributed by atoms with Crippen molar-refractivity contribution in [1.82, 2.24) is 4.98 Å². The molecule has 0 aliphatic carbocycles. The Balaban J connectivity index is 2.43. The van der Waals surface area contributed by atoms with Crippen molar-refractivity contribution in [2.75, 3.05) is 5.33 Å². The minimum absolute atomic E-state index is 1.05. The molecule has 2 heteroatoms. The molecule has 1 nitrogen and oxygen atoms in total. The van der Waals surface area contributed by atoms with Crippen LogP contribution in [0, 0.1) is 0 Å². The maximum Gasteiger partial charge on any atom is 0.0346 e. The number of aryl methyl sites for hydroxylation is 1. The highest BCUT2D eigenvalue weighted by molar-refractivity contribution is 9.09. The van der Waals surface area contributed by atoms with Gasteiger partial charge in [0.25, 0.3) is 0 Å². The van der Waals surface area contributed by atoms with Gasteiger partial charge < -0.3 is 0 Å². The van der Waals surface area contributed by atoms with Crippen molar-refractivity contribution in [2.45, 2.75) is 12.8 Å². The first kappa shape index (κ1) is 9.66. The lowest BCUT2D eigenvalue weighted by Crippen LogP contribution is -1.89. The lowest BCUT2D eigenvalue weighted by Gasteiger charge is -2.03. The number of pyridine rings is 1. The van der Waals surface area contributed by atoms with E-state index in [9.17, 15) is 0 Å². The van der Waals surface area contributed by atoms with Crippen LogP contribution in [0.4, 0.5) is 0 Å². The van der Waals surface area contributed by atoms with E-state index in [1.165, 1.54) is 16.3 Å². The molecule has 0 atom stereocenters. The van der Waals surface area contributed by atoms with Crippen molar-refractivity contribution in [3.63, 3.8) is 0 Å². The molecule has 1 aromatic carbocycles. The Morgan fingerprint density at radius 1 is 1.14 bits per heavy atom. The van der Waals surface area contributed by atoms with Crippen LogP contribution >= 0.6 is 15.9 Å². The number of rotatable bonds is 3. The fourth-order valence-electron chi connectivity index (χ4n) is 1.64. The minimum Gasteiger partial charge on any atom is -0.264 e. The van der Waals surface area contributed by atoms with Gasteiger partial charge >= 0.3 is 0 Å². The van der Waals surface area contributed by atoms with E-state index < -0.39 is 0 Å². The van der Waals surface area contributed by atoms with E-state index >= 15 is 0 Å². The summed E-state index contributed by atoms with van der Waals surface area (Å²) in [6.07, 6.45) is 6.16. The first-order valence-corrected chi connectivity index (χ1v) is 5.91. The topological polar surface area (TPSA) is 12.9 Å². The zero-order valence-corrected chi connectivity index (χ0v) is 9.50. The Hall–Kier alpha value is -0.890. The quantitative estimate of drug-likeness (QED) is 0.759. The molecule has 0 spiro atoms. The van der Waals surface area contributed by atoms with Crippen LogP contribution in [0.2, 0.25) is 0 Å². The summed E-state index contributed by atoms with van der Waals surface area (Å²) in [5.74, 6) is 0. The molecule has 0 N–H and O–H groups in total. The fraction of sp³-hybridized carbons (Fsp3) is 0.250. The predicted molar refractivity (Wildman–Crippen MR) is 63.9 cm³/mol. The fourth-order valence-corrected chi connectivity index (χ4v) is 1.92. The molecule has 0 saturated carbocycles. The van der Waals surface area contributed by atoms with E-state index in [4.69, 9.17) is 0 Å². The van der Waals surface area contributed by atoms with Gasteiger partial charge in [-0.15, -0.1) is 0 Å². The van der Waals surface area contributed by atoms with Crippen LogP contribution in [-0.4, -0.2) is 10.3 Å². The number of hydrogen-bond donors (Lipinski definition) is 0. The molecule has 0 radical (unpaired) electrons. The van der Waals surface area contributed by atoms with Crippen LogP contribution in [0.15, 0.2) is 36.7 Å². The van der Waals surface area contributed by atoms with Crippen LogP contribution in [-0.2, 0) is 6.42 Å². The summed E-state index contributed by atoms with van der Waals surface area (Å²) in [5.41, 5.74) is 1.35. The second-order valence-electron chi connectivity index (χ2n) is 3.31. The number of halogens is 1. The number of nitrogens with zero attached hydrogens (tertiary/aromatic N) is 1. The molecule has 0 saturated heterocycles. The third kappa shape index (κ3) is 1.95. The lowest BCUT2D eigenvalue weighted by molar-refractivity contribution is 0.940.